The number of nitrogens with one attached hydrogen (secondary N) is 1. The monoisotopic (exact) mass is 313 g/mol. The predicted molar refractivity (Wildman–Crippen MR) is 76.6 cm³/mol. The van der Waals surface area contributed by atoms with Crippen molar-refractivity contribution in [2.24, 2.45) is 5.41 Å². The third kappa shape index (κ3) is 3.56. The molecule has 1 aromatic rings. The fraction of sp³-hybridized carbons (Fsp3) is 0.500. The molecule has 0 aliphatic heterocycles. The van der Waals surface area contributed by atoms with Crippen LogP contribution in [0.1, 0.15) is 37.0 Å². The van der Waals surface area contributed by atoms with Crippen LogP contribution in [0.4, 0.5) is 0 Å². The molecule has 0 aliphatic rings. The lowest BCUT2D eigenvalue weighted by Gasteiger charge is -2.29. The fourth-order valence-electron chi connectivity index (χ4n) is 1.79. The first-order chi connectivity index (χ1) is 8.58. The summed E-state index contributed by atoms with van der Waals surface area (Å²) >= 11 is 3.36. The second-order valence-electron chi connectivity index (χ2n) is 4.53. The highest BCUT2D eigenvalue weighted by Gasteiger charge is 2.26. The molecule has 0 fully saturated rings. The molecule has 18 heavy (non-hydrogen) atoms. The second-order valence-corrected chi connectivity index (χ2v) is 5.38. The van der Waals surface area contributed by atoms with Gasteiger partial charge in [0.1, 0.15) is 0 Å². The molecule has 0 aromatic heterocycles. The zero-order chi connectivity index (χ0) is 13.6. The molecule has 2 N–H and O–H groups in total. The van der Waals surface area contributed by atoms with Crippen LogP contribution in [0.5, 0.6) is 0 Å². The quantitative estimate of drug-likeness (QED) is 0.848. The molecule has 0 radical (unpaired) electrons. The largest absolute Gasteiger partial charge is 0.396 e. The molecule has 0 atom stereocenters. The number of rotatable bonds is 6. The highest BCUT2D eigenvalue weighted by molar-refractivity contribution is 9.10. The molecule has 1 rings (SSSR count). The minimum absolute atomic E-state index is 0.0935. The summed E-state index contributed by atoms with van der Waals surface area (Å²) in [5.74, 6) is -0.109. The van der Waals surface area contributed by atoms with Crippen molar-refractivity contribution in [3.63, 3.8) is 0 Å². The van der Waals surface area contributed by atoms with Crippen LogP contribution in [-0.4, -0.2) is 24.2 Å². The average Bonchev–Trinajstić information content (AvgIpc) is 2.41. The van der Waals surface area contributed by atoms with Crippen molar-refractivity contribution in [2.45, 2.75) is 26.7 Å². The number of aliphatic hydroxyl groups is 1. The number of aliphatic hydroxyl groups excluding tert-OH is 1. The van der Waals surface area contributed by atoms with Crippen molar-refractivity contribution in [3.8, 4) is 0 Å². The molecule has 1 amide bonds. The van der Waals surface area contributed by atoms with Crippen LogP contribution >= 0.6 is 15.9 Å². The van der Waals surface area contributed by atoms with Crippen molar-refractivity contribution < 1.29 is 9.90 Å². The maximum atomic E-state index is 12.0. The van der Waals surface area contributed by atoms with Crippen LogP contribution in [0.3, 0.4) is 0 Å². The molecule has 0 unspecified atom stereocenters. The summed E-state index contributed by atoms with van der Waals surface area (Å²) in [6.45, 7) is 4.65. The predicted octanol–water partition coefficient (Wildman–Crippen LogP) is 2.98. The Morgan fingerprint density at radius 3 is 2.44 bits per heavy atom. The van der Waals surface area contributed by atoms with E-state index in [1.54, 1.807) is 6.07 Å². The average molecular weight is 314 g/mol. The van der Waals surface area contributed by atoms with Gasteiger partial charge in [-0.15, -0.1) is 0 Å². The highest BCUT2D eigenvalue weighted by Crippen LogP contribution is 2.24. The van der Waals surface area contributed by atoms with Crippen molar-refractivity contribution >= 4 is 21.8 Å². The Morgan fingerprint density at radius 1 is 1.33 bits per heavy atom. The summed E-state index contributed by atoms with van der Waals surface area (Å²) < 4.78 is 0.782. The molecule has 0 saturated carbocycles. The van der Waals surface area contributed by atoms with Gasteiger partial charge in [-0.2, -0.15) is 0 Å². The Balaban J connectivity index is 2.69. The van der Waals surface area contributed by atoms with Crippen LogP contribution in [0.15, 0.2) is 28.7 Å². The van der Waals surface area contributed by atoms with E-state index in [9.17, 15) is 9.90 Å². The van der Waals surface area contributed by atoms with Gasteiger partial charge in [-0.25, -0.2) is 0 Å². The van der Waals surface area contributed by atoms with E-state index in [4.69, 9.17) is 0 Å². The normalized spacial score (nSPS) is 11.3. The highest BCUT2D eigenvalue weighted by atomic mass is 79.9. The van der Waals surface area contributed by atoms with E-state index in [0.29, 0.717) is 12.1 Å². The summed E-state index contributed by atoms with van der Waals surface area (Å²) in [6, 6.07) is 7.32. The molecule has 1 aromatic carbocycles. The SMILES string of the molecule is CCC(CC)(CO)CNC(=O)c1ccccc1Br. The van der Waals surface area contributed by atoms with Crippen LogP contribution in [0.2, 0.25) is 0 Å². The Bertz CT molecular complexity index is 394. The topological polar surface area (TPSA) is 49.3 Å². The van der Waals surface area contributed by atoms with Gasteiger partial charge in [0.25, 0.3) is 5.91 Å². The minimum Gasteiger partial charge on any atom is -0.396 e. The lowest BCUT2D eigenvalue weighted by molar-refractivity contribution is 0.0850. The van der Waals surface area contributed by atoms with E-state index in [0.717, 1.165) is 17.3 Å². The summed E-state index contributed by atoms with van der Waals surface area (Å²) in [4.78, 5) is 12.0. The molecular weight excluding hydrogens is 294 g/mol. The maximum Gasteiger partial charge on any atom is 0.252 e. The van der Waals surface area contributed by atoms with Gasteiger partial charge in [-0.05, 0) is 40.9 Å². The first-order valence-electron chi connectivity index (χ1n) is 6.22. The number of hydrogen-bond acceptors (Lipinski definition) is 2. The van der Waals surface area contributed by atoms with Gasteiger partial charge >= 0.3 is 0 Å². The number of hydrogen-bond donors (Lipinski definition) is 2. The van der Waals surface area contributed by atoms with Crippen LogP contribution in [-0.2, 0) is 0 Å². The third-order valence-electron chi connectivity index (χ3n) is 3.58. The Kier molecular flexibility index (Phi) is 5.82. The lowest BCUT2D eigenvalue weighted by atomic mass is 9.83. The molecule has 0 aliphatic carbocycles. The van der Waals surface area contributed by atoms with Crippen LogP contribution in [0, 0.1) is 5.41 Å². The molecule has 4 heteroatoms. The van der Waals surface area contributed by atoms with Crippen LogP contribution in [0.25, 0.3) is 0 Å². The molecule has 0 heterocycles. The van der Waals surface area contributed by atoms with Crippen molar-refractivity contribution in [2.75, 3.05) is 13.2 Å². The summed E-state index contributed by atoms with van der Waals surface area (Å²) in [7, 11) is 0. The van der Waals surface area contributed by atoms with Gasteiger partial charge in [0.05, 0.1) is 12.2 Å². The number of amides is 1. The van der Waals surface area contributed by atoms with Crippen molar-refractivity contribution in [1.29, 1.82) is 0 Å². The van der Waals surface area contributed by atoms with E-state index in [1.807, 2.05) is 32.0 Å². The van der Waals surface area contributed by atoms with E-state index >= 15 is 0 Å². The van der Waals surface area contributed by atoms with Gasteiger partial charge in [0.2, 0.25) is 0 Å². The van der Waals surface area contributed by atoms with E-state index < -0.39 is 0 Å². The number of carbonyl (C=O) groups is 1. The fourth-order valence-corrected chi connectivity index (χ4v) is 2.25. The Morgan fingerprint density at radius 2 is 1.94 bits per heavy atom. The third-order valence-corrected chi connectivity index (χ3v) is 4.27. The number of halogens is 1. The molecule has 3 nitrogen and oxygen atoms in total. The molecule has 0 saturated heterocycles. The zero-order valence-electron chi connectivity index (χ0n) is 10.9. The molecule has 0 spiro atoms. The first-order valence-corrected chi connectivity index (χ1v) is 7.01. The smallest absolute Gasteiger partial charge is 0.252 e. The summed E-state index contributed by atoms with van der Waals surface area (Å²) in [5, 5.41) is 12.4. The van der Waals surface area contributed by atoms with Crippen molar-refractivity contribution in [1.82, 2.24) is 5.32 Å². The summed E-state index contributed by atoms with van der Waals surface area (Å²) in [5.41, 5.74) is 0.410. The van der Waals surface area contributed by atoms with Crippen LogP contribution < -0.4 is 5.32 Å². The first kappa shape index (κ1) is 15.2. The van der Waals surface area contributed by atoms with E-state index in [-0.39, 0.29) is 17.9 Å². The van der Waals surface area contributed by atoms with E-state index in [1.165, 1.54) is 0 Å². The zero-order valence-corrected chi connectivity index (χ0v) is 12.5. The Labute approximate surface area is 117 Å². The molecular formula is C14H20BrNO2. The van der Waals surface area contributed by atoms with Gasteiger partial charge in [0.15, 0.2) is 0 Å². The summed E-state index contributed by atoms with van der Waals surface area (Å²) in [6.07, 6.45) is 1.69. The van der Waals surface area contributed by atoms with Gasteiger partial charge < -0.3 is 10.4 Å². The minimum atomic E-state index is -0.211. The second kappa shape index (κ2) is 6.90. The van der Waals surface area contributed by atoms with Gasteiger partial charge in [-0.1, -0.05) is 26.0 Å². The molecule has 0 bridgehead atoms. The maximum absolute atomic E-state index is 12.0. The standard InChI is InChI=1S/C14H20BrNO2/c1-3-14(4-2,10-17)9-16-13(18)11-7-5-6-8-12(11)15/h5-8,17H,3-4,9-10H2,1-2H3,(H,16,18). The number of carbonyl (C=O) groups excluding carboxylic acids is 1. The van der Waals surface area contributed by atoms with Gasteiger partial charge in [-0.3, -0.25) is 4.79 Å². The lowest BCUT2D eigenvalue weighted by Crippen LogP contribution is -2.39. The Hall–Kier alpha value is -0.870. The number of benzene rings is 1. The van der Waals surface area contributed by atoms with E-state index in [2.05, 4.69) is 21.2 Å². The van der Waals surface area contributed by atoms with Gasteiger partial charge in [0, 0.05) is 16.4 Å². The van der Waals surface area contributed by atoms with Crippen molar-refractivity contribution in [3.05, 3.63) is 34.3 Å². The molecule has 100 valence electrons.